The number of hydrogen-bond donors (Lipinski definition) is 2. The fourth-order valence-corrected chi connectivity index (χ4v) is 2.89. The average molecular weight is 267 g/mol. The second kappa shape index (κ2) is 5.20. The summed E-state index contributed by atoms with van der Waals surface area (Å²) in [5.74, 6) is 0.598. The van der Waals surface area contributed by atoms with E-state index in [0.29, 0.717) is 5.82 Å². The third kappa shape index (κ3) is 2.48. The van der Waals surface area contributed by atoms with Crippen molar-refractivity contribution in [3.8, 4) is 11.1 Å². The van der Waals surface area contributed by atoms with Gasteiger partial charge in [0, 0.05) is 20.9 Å². The van der Waals surface area contributed by atoms with E-state index >= 15 is 0 Å². The van der Waals surface area contributed by atoms with Crippen LogP contribution in [-0.4, -0.2) is 10.2 Å². The Kier molecular flexibility index (Phi) is 3.25. The second-order valence-corrected chi connectivity index (χ2v) is 5.22. The molecule has 4 heteroatoms. The monoisotopic (exact) mass is 267 g/mol. The van der Waals surface area contributed by atoms with Crippen molar-refractivity contribution in [2.45, 2.75) is 9.79 Å². The minimum atomic E-state index is 0.598. The Morgan fingerprint density at radius 1 is 0.895 bits per heavy atom. The van der Waals surface area contributed by atoms with Gasteiger partial charge in [-0.3, -0.25) is 5.10 Å². The Morgan fingerprint density at radius 2 is 1.63 bits per heavy atom. The van der Waals surface area contributed by atoms with Gasteiger partial charge >= 0.3 is 0 Å². The molecule has 0 amide bonds. The highest BCUT2D eigenvalue weighted by Gasteiger charge is 2.10. The van der Waals surface area contributed by atoms with Gasteiger partial charge in [0.25, 0.3) is 0 Å². The van der Waals surface area contributed by atoms with Crippen molar-refractivity contribution in [3.63, 3.8) is 0 Å². The number of nitrogen functional groups attached to an aromatic ring is 1. The van der Waals surface area contributed by atoms with Gasteiger partial charge in [0.15, 0.2) is 0 Å². The smallest absolute Gasteiger partial charge is 0.126 e. The van der Waals surface area contributed by atoms with Crippen LogP contribution in [0.1, 0.15) is 0 Å². The zero-order valence-corrected chi connectivity index (χ0v) is 11.0. The minimum Gasteiger partial charge on any atom is -0.384 e. The second-order valence-electron chi connectivity index (χ2n) is 4.11. The summed E-state index contributed by atoms with van der Waals surface area (Å²) in [5.41, 5.74) is 7.95. The number of benzene rings is 2. The number of nitrogens with zero attached hydrogens (tertiary/aromatic N) is 1. The van der Waals surface area contributed by atoms with Crippen LogP contribution in [0.4, 0.5) is 5.82 Å². The fourth-order valence-electron chi connectivity index (χ4n) is 1.90. The lowest BCUT2D eigenvalue weighted by Gasteiger charge is -2.08. The first-order chi connectivity index (χ1) is 9.34. The molecule has 0 saturated heterocycles. The summed E-state index contributed by atoms with van der Waals surface area (Å²) in [5, 5.41) is 6.76. The van der Waals surface area contributed by atoms with Crippen LogP contribution >= 0.6 is 11.8 Å². The van der Waals surface area contributed by atoms with E-state index < -0.39 is 0 Å². The first-order valence-corrected chi connectivity index (χ1v) is 6.77. The summed E-state index contributed by atoms with van der Waals surface area (Å²) in [6, 6.07) is 18.5. The van der Waals surface area contributed by atoms with Crippen molar-refractivity contribution in [1.82, 2.24) is 10.2 Å². The number of rotatable bonds is 3. The van der Waals surface area contributed by atoms with Gasteiger partial charge in [-0.1, -0.05) is 48.2 Å². The van der Waals surface area contributed by atoms with E-state index in [9.17, 15) is 0 Å². The molecule has 0 aliphatic carbocycles. The standard InChI is InChI=1S/C15H13N3S/c16-15-13(10-17-18-15)12-8-4-5-9-14(12)19-11-6-2-1-3-7-11/h1-10H,(H3,16,17,18). The molecular formula is C15H13N3S. The minimum absolute atomic E-state index is 0.598. The summed E-state index contributed by atoms with van der Waals surface area (Å²) in [4.78, 5) is 2.37. The zero-order valence-electron chi connectivity index (χ0n) is 10.2. The third-order valence-electron chi connectivity index (χ3n) is 2.82. The molecule has 0 atom stereocenters. The van der Waals surface area contributed by atoms with Crippen molar-refractivity contribution in [3.05, 3.63) is 60.8 Å². The first kappa shape index (κ1) is 11.9. The third-order valence-corrected chi connectivity index (χ3v) is 3.90. The van der Waals surface area contributed by atoms with E-state index in [1.54, 1.807) is 18.0 Å². The van der Waals surface area contributed by atoms with E-state index in [4.69, 9.17) is 5.73 Å². The van der Waals surface area contributed by atoms with Gasteiger partial charge in [-0.15, -0.1) is 0 Å². The number of nitrogens with one attached hydrogen (secondary N) is 1. The van der Waals surface area contributed by atoms with Gasteiger partial charge in [0.05, 0.1) is 6.20 Å². The lowest BCUT2D eigenvalue weighted by molar-refractivity contribution is 1.10. The summed E-state index contributed by atoms with van der Waals surface area (Å²) in [7, 11) is 0. The predicted molar refractivity (Wildman–Crippen MR) is 79.0 cm³/mol. The Bertz CT molecular complexity index is 677. The summed E-state index contributed by atoms with van der Waals surface area (Å²) in [6.45, 7) is 0. The highest BCUT2D eigenvalue weighted by atomic mass is 32.2. The molecule has 0 fully saturated rings. The number of H-pyrrole nitrogens is 1. The average Bonchev–Trinajstić information content (AvgIpc) is 2.87. The van der Waals surface area contributed by atoms with Crippen LogP contribution in [0.2, 0.25) is 0 Å². The van der Waals surface area contributed by atoms with Crippen molar-refractivity contribution in [2.24, 2.45) is 0 Å². The number of aromatic nitrogens is 2. The molecule has 3 N–H and O–H groups in total. The molecule has 0 bridgehead atoms. The number of hydrogen-bond acceptors (Lipinski definition) is 3. The van der Waals surface area contributed by atoms with E-state index in [2.05, 4.69) is 34.5 Å². The van der Waals surface area contributed by atoms with Crippen LogP contribution in [0.15, 0.2) is 70.6 Å². The summed E-state index contributed by atoms with van der Waals surface area (Å²) in [6.07, 6.45) is 1.76. The van der Waals surface area contributed by atoms with Crippen molar-refractivity contribution >= 4 is 17.6 Å². The van der Waals surface area contributed by atoms with E-state index in [1.165, 1.54) is 9.79 Å². The normalized spacial score (nSPS) is 10.5. The number of nitrogens with two attached hydrogens (primary N) is 1. The number of anilines is 1. The van der Waals surface area contributed by atoms with Crippen LogP contribution in [0.3, 0.4) is 0 Å². The predicted octanol–water partition coefficient (Wildman–Crippen LogP) is 3.81. The topological polar surface area (TPSA) is 54.7 Å². The molecular weight excluding hydrogens is 254 g/mol. The molecule has 0 spiro atoms. The van der Waals surface area contributed by atoms with E-state index in [0.717, 1.165) is 11.1 Å². The molecule has 19 heavy (non-hydrogen) atoms. The van der Waals surface area contributed by atoms with Gasteiger partial charge < -0.3 is 5.73 Å². The lowest BCUT2D eigenvalue weighted by Crippen LogP contribution is -1.89. The molecule has 3 aromatic rings. The maximum absolute atomic E-state index is 5.91. The van der Waals surface area contributed by atoms with Crippen LogP contribution in [0.25, 0.3) is 11.1 Å². The largest absolute Gasteiger partial charge is 0.384 e. The molecule has 1 heterocycles. The maximum atomic E-state index is 5.91. The summed E-state index contributed by atoms with van der Waals surface area (Å²) >= 11 is 1.72. The molecule has 0 radical (unpaired) electrons. The van der Waals surface area contributed by atoms with Gasteiger partial charge in [0.1, 0.15) is 5.82 Å². The summed E-state index contributed by atoms with van der Waals surface area (Å²) < 4.78 is 0. The van der Waals surface area contributed by atoms with Crippen LogP contribution in [0, 0.1) is 0 Å². The van der Waals surface area contributed by atoms with Crippen LogP contribution < -0.4 is 5.73 Å². The van der Waals surface area contributed by atoms with Crippen LogP contribution in [0.5, 0.6) is 0 Å². The molecule has 2 aromatic carbocycles. The Hall–Kier alpha value is -2.20. The Labute approximate surface area is 115 Å². The van der Waals surface area contributed by atoms with Crippen molar-refractivity contribution in [2.75, 3.05) is 5.73 Å². The van der Waals surface area contributed by atoms with Gasteiger partial charge in [-0.25, -0.2) is 0 Å². The fraction of sp³-hybridized carbons (Fsp3) is 0. The molecule has 3 nitrogen and oxygen atoms in total. The van der Waals surface area contributed by atoms with Crippen LogP contribution in [-0.2, 0) is 0 Å². The van der Waals surface area contributed by atoms with Crippen molar-refractivity contribution < 1.29 is 0 Å². The highest BCUT2D eigenvalue weighted by Crippen LogP contribution is 2.37. The molecule has 0 aliphatic rings. The first-order valence-electron chi connectivity index (χ1n) is 5.96. The van der Waals surface area contributed by atoms with Gasteiger partial charge in [0.2, 0.25) is 0 Å². The highest BCUT2D eigenvalue weighted by molar-refractivity contribution is 7.99. The molecule has 1 aromatic heterocycles. The molecule has 3 rings (SSSR count). The van der Waals surface area contributed by atoms with Gasteiger partial charge in [-0.2, -0.15) is 5.10 Å². The zero-order chi connectivity index (χ0) is 13.1. The van der Waals surface area contributed by atoms with E-state index in [1.807, 2.05) is 30.3 Å². The molecule has 0 unspecified atom stereocenters. The number of aromatic amines is 1. The van der Waals surface area contributed by atoms with E-state index in [-0.39, 0.29) is 0 Å². The van der Waals surface area contributed by atoms with Gasteiger partial charge in [-0.05, 0) is 18.2 Å². The quantitative estimate of drug-likeness (QED) is 0.758. The Balaban J connectivity index is 2.01. The molecule has 0 aliphatic heterocycles. The SMILES string of the molecule is Nc1[nH]ncc1-c1ccccc1Sc1ccccc1. The Morgan fingerprint density at radius 3 is 2.37 bits per heavy atom. The lowest BCUT2D eigenvalue weighted by atomic mass is 10.1. The van der Waals surface area contributed by atoms with Crippen molar-refractivity contribution in [1.29, 1.82) is 0 Å². The molecule has 94 valence electrons. The maximum Gasteiger partial charge on any atom is 0.126 e. The molecule has 0 saturated carbocycles.